The Morgan fingerprint density at radius 3 is 2.48 bits per heavy atom. The van der Waals surface area contributed by atoms with Gasteiger partial charge in [-0.15, -0.1) is 11.8 Å². The number of hydrogen-bond acceptors (Lipinski definition) is 9. The maximum atomic E-state index is 11.5. The van der Waals surface area contributed by atoms with Crippen molar-refractivity contribution in [2.45, 2.75) is 54.7 Å². The van der Waals surface area contributed by atoms with Gasteiger partial charge < -0.3 is 23.7 Å². The lowest BCUT2D eigenvalue weighted by atomic mass is 9.77. The van der Waals surface area contributed by atoms with E-state index in [4.69, 9.17) is 23.7 Å². The summed E-state index contributed by atoms with van der Waals surface area (Å²) in [6.07, 6.45) is 17.7. The number of benzene rings is 1. The van der Waals surface area contributed by atoms with E-state index in [9.17, 15) is 13.0 Å². The minimum absolute atomic E-state index is 0.0350. The van der Waals surface area contributed by atoms with Gasteiger partial charge in [-0.25, -0.2) is 0 Å². The van der Waals surface area contributed by atoms with Gasteiger partial charge in [0.15, 0.2) is 0 Å². The Bertz CT molecular complexity index is 1350. The molecule has 1 aromatic carbocycles. The topological polar surface area (TPSA) is 104 Å². The first-order valence-electron chi connectivity index (χ1n) is 16.7. The number of aryl methyl sites for hydroxylation is 1. The molecule has 1 spiro atoms. The summed E-state index contributed by atoms with van der Waals surface area (Å²) in [7, 11) is -2.23. The molecule has 2 aliphatic heterocycles. The van der Waals surface area contributed by atoms with E-state index in [1.54, 1.807) is 7.11 Å². The fraction of sp³-hybridized carbons (Fsp3) is 0.657. The van der Waals surface area contributed by atoms with Crippen molar-refractivity contribution < 1.29 is 36.7 Å². The zero-order valence-electron chi connectivity index (χ0n) is 26.8. The van der Waals surface area contributed by atoms with Crippen LogP contribution in [-0.4, -0.2) is 107 Å². The predicted molar refractivity (Wildman–Crippen MR) is 180 cm³/mol. The molecule has 0 amide bonds. The third kappa shape index (κ3) is 8.47. The third-order valence-electron chi connectivity index (χ3n) is 10.2. The Morgan fingerprint density at radius 2 is 1.72 bits per heavy atom. The second kappa shape index (κ2) is 15.7. The molecule has 7 unspecified atom stereocenters. The van der Waals surface area contributed by atoms with Crippen LogP contribution in [0.2, 0.25) is 0 Å². The molecule has 1 N–H and O–H groups in total. The number of thioether (sulfide) groups is 1. The molecule has 3 aliphatic carbocycles. The van der Waals surface area contributed by atoms with Gasteiger partial charge in [0, 0.05) is 41.7 Å². The molecular formula is C35H49NO8S2. The number of rotatable bonds is 9. The first-order valence-corrected chi connectivity index (χ1v) is 19.3. The van der Waals surface area contributed by atoms with Crippen LogP contribution >= 0.6 is 11.8 Å². The molecule has 2 saturated heterocycles. The van der Waals surface area contributed by atoms with Crippen LogP contribution in [0.25, 0.3) is 0 Å². The second-order valence-corrected chi connectivity index (χ2v) is 16.0. The summed E-state index contributed by atoms with van der Waals surface area (Å²) in [4.78, 5) is 2.51. The van der Waals surface area contributed by atoms with E-state index in [1.807, 2.05) is 11.8 Å². The summed E-state index contributed by atoms with van der Waals surface area (Å²) >= 11 is 1.99. The molecule has 0 aromatic heterocycles. The molecule has 0 radical (unpaired) electrons. The van der Waals surface area contributed by atoms with Crippen LogP contribution in [0, 0.1) is 17.3 Å². The molecule has 3 fully saturated rings. The lowest BCUT2D eigenvalue weighted by Crippen LogP contribution is -2.47. The fourth-order valence-electron chi connectivity index (χ4n) is 7.68. The van der Waals surface area contributed by atoms with Crippen LogP contribution in [0.5, 0.6) is 5.75 Å². The molecule has 1 saturated carbocycles. The summed E-state index contributed by atoms with van der Waals surface area (Å²) in [5.74, 6) is 1.81. The Labute approximate surface area is 278 Å². The first kappa shape index (κ1) is 34.2. The van der Waals surface area contributed by atoms with Crippen LogP contribution in [0.1, 0.15) is 42.7 Å². The van der Waals surface area contributed by atoms with Crippen molar-refractivity contribution in [1.82, 2.24) is 4.90 Å². The molecule has 46 heavy (non-hydrogen) atoms. The van der Waals surface area contributed by atoms with Crippen LogP contribution in [-0.2, 0) is 35.5 Å². The molecule has 2 heterocycles. The lowest BCUT2D eigenvalue weighted by Gasteiger charge is -2.39. The number of nitrogens with zero attached hydrogens (tertiary/aromatic N) is 1. The van der Waals surface area contributed by atoms with Crippen molar-refractivity contribution in [2.24, 2.45) is 17.3 Å². The quantitative estimate of drug-likeness (QED) is 0.288. The summed E-state index contributed by atoms with van der Waals surface area (Å²) in [6, 6.07) is 7.00. The van der Waals surface area contributed by atoms with E-state index in [2.05, 4.69) is 59.6 Å². The molecule has 0 bridgehead atoms. The summed E-state index contributed by atoms with van der Waals surface area (Å²) in [5, 5.41) is 0.619. The standard InChI is InChI=1S/C35H49NO8S2/c1-40-31-23-26(7-10-29(31)30-24-35(30)13-15-41-16-17-42-18-19-43-20-21-44-25-35)8-12-33-36(14-4-22-46(37,38)39)34-28-6-3-2-5-27(28)9-11-32(34)45-33/h2-3,5-7,9-11,23,27-28,30,32-34H,4,8,12-22,24-25H2,1H3,(H,37,38,39). The second-order valence-electron chi connectivity index (χ2n) is 13.1. The van der Waals surface area contributed by atoms with E-state index in [0.717, 1.165) is 31.4 Å². The van der Waals surface area contributed by atoms with E-state index in [0.29, 0.717) is 94.9 Å². The lowest BCUT2D eigenvalue weighted by molar-refractivity contribution is -0.0223. The van der Waals surface area contributed by atoms with Crippen LogP contribution in [0.4, 0.5) is 0 Å². The van der Waals surface area contributed by atoms with Gasteiger partial charge in [0.1, 0.15) is 5.75 Å². The molecule has 254 valence electrons. The van der Waals surface area contributed by atoms with Crippen molar-refractivity contribution in [1.29, 1.82) is 0 Å². The van der Waals surface area contributed by atoms with Crippen molar-refractivity contribution in [2.75, 3.05) is 72.3 Å². The zero-order valence-corrected chi connectivity index (χ0v) is 28.5. The third-order valence-corrected chi connectivity index (χ3v) is 12.5. The number of hydrogen-bond donors (Lipinski definition) is 1. The van der Waals surface area contributed by atoms with Gasteiger partial charge in [0.25, 0.3) is 10.1 Å². The average molecular weight is 676 g/mol. The minimum atomic E-state index is -3.99. The Kier molecular flexibility index (Phi) is 11.6. The number of methoxy groups -OCH3 is 1. The molecule has 5 aliphatic rings. The molecule has 9 nitrogen and oxygen atoms in total. The van der Waals surface area contributed by atoms with Gasteiger partial charge in [-0.05, 0) is 55.2 Å². The van der Waals surface area contributed by atoms with Crippen LogP contribution < -0.4 is 4.74 Å². The van der Waals surface area contributed by atoms with Crippen molar-refractivity contribution in [3.8, 4) is 5.75 Å². The van der Waals surface area contributed by atoms with Gasteiger partial charge in [-0.3, -0.25) is 9.45 Å². The van der Waals surface area contributed by atoms with Gasteiger partial charge in [0.2, 0.25) is 0 Å². The molecule has 1 aromatic rings. The normalized spacial score (nSPS) is 33.8. The smallest absolute Gasteiger partial charge is 0.264 e. The van der Waals surface area contributed by atoms with Crippen molar-refractivity contribution in [3.63, 3.8) is 0 Å². The molecule has 6 rings (SSSR count). The highest BCUT2D eigenvalue weighted by Gasteiger charge is 2.55. The summed E-state index contributed by atoms with van der Waals surface area (Å²) in [5.41, 5.74) is 2.50. The summed E-state index contributed by atoms with van der Waals surface area (Å²) in [6.45, 7) is 5.47. The van der Waals surface area contributed by atoms with Crippen LogP contribution in [0.3, 0.4) is 0 Å². The van der Waals surface area contributed by atoms with Crippen molar-refractivity contribution in [3.05, 3.63) is 65.8 Å². The van der Waals surface area contributed by atoms with Crippen LogP contribution in [0.15, 0.2) is 54.7 Å². The molecular weight excluding hydrogens is 627 g/mol. The SMILES string of the molecule is COc1cc(CCC2SC3C=CC4C=CC=CC4C3N2CCCS(=O)(=O)O)ccc1C1CC12CCOCCOCCOCCOC2. The summed E-state index contributed by atoms with van der Waals surface area (Å²) < 4.78 is 61.6. The molecule has 7 atom stereocenters. The average Bonchev–Trinajstić information content (AvgIpc) is 3.64. The largest absolute Gasteiger partial charge is 0.496 e. The fourth-order valence-corrected chi connectivity index (χ4v) is 9.88. The van der Waals surface area contributed by atoms with E-state index >= 15 is 0 Å². The minimum Gasteiger partial charge on any atom is -0.496 e. The maximum Gasteiger partial charge on any atom is 0.264 e. The number of allylic oxidation sites excluding steroid dienone is 4. The maximum absolute atomic E-state index is 11.5. The zero-order chi connectivity index (χ0) is 32.0. The Hall–Kier alpha value is -1.70. The highest BCUT2D eigenvalue weighted by molar-refractivity contribution is 8.00. The van der Waals surface area contributed by atoms with Gasteiger partial charge in [-0.1, -0.05) is 48.6 Å². The van der Waals surface area contributed by atoms with Gasteiger partial charge in [0.05, 0.1) is 64.5 Å². The van der Waals surface area contributed by atoms with Crippen molar-refractivity contribution >= 4 is 21.9 Å². The Morgan fingerprint density at radius 1 is 0.978 bits per heavy atom. The highest BCUT2D eigenvalue weighted by Crippen LogP contribution is 2.63. The highest BCUT2D eigenvalue weighted by atomic mass is 32.2. The van der Waals surface area contributed by atoms with E-state index in [1.165, 1.54) is 11.1 Å². The van der Waals surface area contributed by atoms with E-state index < -0.39 is 10.1 Å². The van der Waals surface area contributed by atoms with Gasteiger partial charge >= 0.3 is 0 Å². The number of ether oxygens (including phenoxy) is 5. The number of fused-ring (bicyclic) bond motifs is 3. The Balaban J connectivity index is 1.11. The molecule has 11 heteroatoms. The van der Waals surface area contributed by atoms with Gasteiger partial charge in [-0.2, -0.15) is 8.42 Å². The van der Waals surface area contributed by atoms with E-state index in [-0.39, 0.29) is 16.5 Å². The predicted octanol–water partition coefficient (Wildman–Crippen LogP) is 4.89. The first-order chi connectivity index (χ1) is 22.4. The monoisotopic (exact) mass is 675 g/mol.